The van der Waals surface area contributed by atoms with Crippen LogP contribution in [0.1, 0.15) is 25.0 Å². The van der Waals surface area contributed by atoms with Crippen LogP contribution in [0.2, 0.25) is 0 Å². The maximum Gasteiger partial charge on any atom is 0.181 e. The van der Waals surface area contributed by atoms with Crippen LogP contribution in [0.25, 0.3) is 21.9 Å². The lowest BCUT2D eigenvalue weighted by Gasteiger charge is -2.27. The highest BCUT2D eigenvalue weighted by Gasteiger charge is 2.44. The van der Waals surface area contributed by atoms with Crippen LogP contribution in [0, 0.1) is 11.8 Å². The Bertz CT molecular complexity index is 958. The van der Waals surface area contributed by atoms with Crippen LogP contribution in [0.5, 0.6) is 0 Å². The second-order valence-electron chi connectivity index (χ2n) is 5.74. The molecule has 3 aromatic rings. The predicted octanol–water partition coefficient (Wildman–Crippen LogP) is 5.12. The molecule has 1 aliphatic rings. The standard InChI is InChI=1S/C22H18O/c1-3-15-22(23-4-2)20-12-8-7-11-18(20)19-14-13-16-9-5-6-10-17(16)21(19)22/h5-14H,4H2,1-2H3. The molecule has 0 saturated heterocycles. The van der Waals surface area contributed by atoms with Crippen LogP contribution in [0.3, 0.4) is 0 Å². The summed E-state index contributed by atoms with van der Waals surface area (Å²) in [5.74, 6) is 6.50. The summed E-state index contributed by atoms with van der Waals surface area (Å²) < 4.78 is 6.32. The molecule has 0 fully saturated rings. The van der Waals surface area contributed by atoms with E-state index in [9.17, 15) is 0 Å². The number of hydrogen-bond acceptors (Lipinski definition) is 1. The summed E-state index contributed by atoms with van der Waals surface area (Å²) in [6, 6.07) is 21.3. The maximum atomic E-state index is 6.32. The molecule has 0 amide bonds. The first-order valence-electron chi connectivity index (χ1n) is 8.02. The smallest absolute Gasteiger partial charge is 0.181 e. The molecule has 0 aliphatic heterocycles. The van der Waals surface area contributed by atoms with Gasteiger partial charge in [-0.15, -0.1) is 5.92 Å². The number of ether oxygens (including phenoxy) is 1. The molecule has 0 N–H and O–H groups in total. The molecule has 1 heteroatoms. The van der Waals surface area contributed by atoms with Gasteiger partial charge in [-0.05, 0) is 35.7 Å². The molecule has 0 radical (unpaired) electrons. The number of hydrogen-bond donors (Lipinski definition) is 0. The second-order valence-corrected chi connectivity index (χ2v) is 5.74. The Kier molecular flexibility index (Phi) is 3.22. The van der Waals surface area contributed by atoms with Crippen molar-refractivity contribution < 1.29 is 4.74 Å². The van der Waals surface area contributed by atoms with Crippen molar-refractivity contribution in [1.29, 1.82) is 0 Å². The Hall–Kier alpha value is -2.56. The van der Waals surface area contributed by atoms with Crippen LogP contribution in [-0.4, -0.2) is 6.61 Å². The zero-order valence-corrected chi connectivity index (χ0v) is 13.4. The van der Waals surface area contributed by atoms with Crippen LogP contribution >= 0.6 is 0 Å². The van der Waals surface area contributed by atoms with Crippen molar-refractivity contribution in [3.63, 3.8) is 0 Å². The van der Waals surface area contributed by atoms with E-state index in [2.05, 4.69) is 72.5 Å². The van der Waals surface area contributed by atoms with Gasteiger partial charge in [0.25, 0.3) is 0 Å². The average molecular weight is 298 g/mol. The first kappa shape index (κ1) is 14.1. The summed E-state index contributed by atoms with van der Waals surface area (Å²) in [6.07, 6.45) is 0. The van der Waals surface area contributed by atoms with Crippen molar-refractivity contribution in [3.05, 3.63) is 71.8 Å². The summed E-state index contributed by atoms with van der Waals surface area (Å²) in [5, 5.41) is 2.44. The third-order valence-electron chi connectivity index (χ3n) is 4.54. The lowest BCUT2D eigenvalue weighted by atomic mass is 9.88. The fourth-order valence-electron chi connectivity index (χ4n) is 3.74. The fourth-order valence-corrected chi connectivity index (χ4v) is 3.74. The van der Waals surface area contributed by atoms with Gasteiger partial charge in [0, 0.05) is 17.7 Å². The van der Waals surface area contributed by atoms with Gasteiger partial charge in [0.15, 0.2) is 5.60 Å². The van der Waals surface area contributed by atoms with Gasteiger partial charge in [0.2, 0.25) is 0 Å². The van der Waals surface area contributed by atoms with Gasteiger partial charge in [0.05, 0.1) is 0 Å². The van der Waals surface area contributed by atoms with Gasteiger partial charge in [-0.25, -0.2) is 0 Å². The van der Waals surface area contributed by atoms with E-state index in [1.54, 1.807) is 0 Å². The predicted molar refractivity (Wildman–Crippen MR) is 95.2 cm³/mol. The van der Waals surface area contributed by atoms with Gasteiger partial charge in [-0.3, -0.25) is 0 Å². The summed E-state index contributed by atoms with van der Waals surface area (Å²) >= 11 is 0. The van der Waals surface area contributed by atoms with Crippen molar-refractivity contribution in [2.45, 2.75) is 19.4 Å². The van der Waals surface area contributed by atoms with Gasteiger partial charge >= 0.3 is 0 Å². The van der Waals surface area contributed by atoms with Crippen LogP contribution < -0.4 is 0 Å². The normalized spacial score (nSPS) is 18.2. The largest absolute Gasteiger partial charge is 0.354 e. The summed E-state index contributed by atoms with van der Waals surface area (Å²) in [7, 11) is 0. The van der Waals surface area contributed by atoms with E-state index < -0.39 is 5.60 Å². The highest BCUT2D eigenvalue weighted by Crippen LogP contribution is 2.51. The summed E-state index contributed by atoms with van der Waals surface area (Å²) in [5.41, 5.74) is 4.13. The molecule has 112 valence electrons. The Morgan fingerprint density at radius 3 is 2.52 bits per heavy atom. The van der Waals surface area contributed by atoms with Crippen molar-refractivity contribution in [3.8, 4) is 23.0 Å². The molecule has 1 atom stereocenters. The maximum absolute atomic E-state index is 6.32. The molecule has 1 unspecified atom stereocenters. The number of fused-ring (bicyclic) bond motifs is 5. The lowest BCUT2D eigenvalue weighted by Crippen LogP contribution is -2.27. The zero-order valence-electron chi connectivity index (χ0n) is 13.4. The van der Waals surface area contributed by atoms with E-state index in [1.165, 1.54) is 27.5 Å². The van der Waals surface area contributed by atoms with E-state index in [4.69, 9.17) is 4.74 Å². The molecular formula is C22H18O. The Labute approximate surface area is 136 Å². The van der Waals surface area contributed by atoms with E-state index in [-0.39, 0.29) is 0 Å². The van der Waals surface area contributed by atoms with Crippen LogP contribution in [-0.2, 0) is 10.3 Å². The van der Waals surface area contributed by atoms with E-state index in [1.807, 2.05) is 13.8 Å². The molecule has 1 aliphatic carbocycles. The quantitative estimate of drug-likeness (QED) is 0.596. The van der Waals surface area contributed by atoms with Crippen molar-refractivity contribution in [2.24, 2.45) is 0 Å². The Balaban J connectivity index is 2.19. The van der Waals surface area contributed by atoms with Crippen molar-refractivity contribution in [2.75, 3.05) is 6.61 Å². The number of rotatable bonds is 2. The fraction of sp³-hybridized carbons (Fsp3) is 0.182. The van der Waals surface area contributed by atoms with Gasteiger partial charge in [-0.2, -0.15) is 0 Å². The average Bonchev–Trinajstić information content (AvgIpc) is 2.87. The van der Waals surface area contributed by atoms with E-state index in [0.29, 0.717) is 6.61 Å². The molecule has 3 aromatic carbocycles. The van der Waals surface area contributed by atoms with Gasteiger partial charge in [0.1, 0.15) is 0 Å². The third-order valence-corrected chi connectivity index (χ3v) is 4.54. The molecule has 1 nitrogen and oxygen atoms in total. The molecule has 0 aromatic heterocycles. The first-order chi connectivity index (χ1) is 11.3. The summed E-state index contributed by atoms with van der Waals surface area (Å²) in [4.78, 5) is 0. The SMILES string of the molecule is CC#CC1(OCC)c2ccccc2-c2ccc3ccccc3c21. The first-order valence-corrected chi connectivity index (χ1v) is 8.02. The highest BCUT2D eigenvalue weighted by atomic mass is 16.5. The Morgan fingerprint density at radius 1 is 0.913 bits per heavy atom. The minimum atomic E-state index is -0.670. The second kappa shape index (κ2) is 5.26. The topological polar surface area (TPSA) is 9.23 Å². The Morgan fingerprint density at radius 2 is 1.70 bits per heavy atom. The number of benzene rings is 3. The highest BCUT2D eigenvalue weighted by molar-refractivity contribution is 5.98. The minimum absolute atomic E-state index is 0.617. The molecule has 0 heterocycles. The monoisotopic (exact) mass is 298 g/mol. The molecule has 4 rings (SSSR count). The van der Waals surface area contributed by atoms with Crippen LogP contribution in [0.15, 0.2) is 60.7 Å². The van der Waals surface area contributed by atoms with Crippen molar-refractivity contribution >= 4 is 10.8 Å². The molecule has 0 saturated carbocycles. The molecule has 0 bridgehead atoms. The third kappa shape index (κ3) is 1.86. The van der Waals surface area contributed by atoms with Gasteiger partial charge in [-0.1, -0.05) is 66.6 Å². The zero-order chi connectivity index (χ0) is 15.9. The lowest BCUT2D eigenvalue weighted by molar-refractivity contribution is 0.0399. The van der Waals surface area contributed by atoms with E-state index >= 15 is 0 Å². The van der Waals surface area contributed by atoms with E-state index in [0.717, 1.165) is 5.56 Å². The molecule has 0 spiro atoms. The minimum Gasteiger partial charge on any atom is -0.354 e. The summed E-state index contributed by atoms with van der Waals surface area (Å²) in [6.45, 7) is 4.53. The van der Waals surface area contributed by atoms with Gasteiger partial charge < -0.3 is 4.74 Å². The molecular weight excluding hydrogens is 280 g/mol. The molecule has 23 heavy (non-hydrogen) atoms. The van der Waals surface area contributed by atoms with Crippen LogP contribution in [0.4, 0.5) is 0 Å². The van der Waals surface area contributed by atoms with Crippen molar-refractivity contribution in [1.82, 2.24) is 0 Å².